The summed E-state index contributed by atoms with van der Waals surface area (Å²) < 4.78 is 10.3. The Morgan fingerprint density at radius 3 is 3.00 bits per heavy atom. The molecule has 1 aliphatic heterocycles. The van der Waals surface area contributed by atoms with Crippen molar-refractivity contribution in [2.75, 3.05) is 11.9 Å². The highest BCUT2D eigenvalue weighted by atomic mass is 16.5. The molecule has 1 aromatic carbocycles. The van der Waals surface area contributed by atoms with E-state index in [1.807, 2.05) is 0 Å². The molecule has 0 spiro atoms. The van der Waals surface area contributed by atoms with Crippen molar-refractivity contribution in [2.45, 2.75) is 0 Å². The first-order valence-electron chi connectivity index (χ1n) is 5.41. The number of benzene rings is 1. The number of aromatic nitrogens is 1. The minimum atomic E-state index is -1.17. The lowest BCUT2D eigenvalue weighted by molar-refractivity contribution is -0.118. The van der Waals surface area contributed by atoms with Crippen molar-refractivity contribution in [1.82, 2.24) is 5.16 Å². The van der Waals surface area contributed by atoms with Gasteiger partial charge in [-0.25, -0.2) is 4.79 Å². The smallest absolute Gasteiger partial charge is 0.358 e. The third kappa shape index (κ3) is 1.90. The van der Waals surface area contributed by atoms with Crippen LogP contribution in [0.3, 0.4) is 0 Å². The molecule has 1 aromatic heterocycles. The van der Waals surface area contributed by atoms with Gasteiger partial charge in [-0.15, -0.1) is 0 Å². The van der Waals surface area contributed by atoms with Crippen LogP contribution in [0.4, 0.5) is 5.69 Å². The number of carboxylic acid groups (broad SMARTS) is 1. The summed E-state index contributed by atoms with van der Waals surface area (Å²) >= 11 is 0. The Hall–Kier alpha value is -2.83. The molecule has 0 bridgehead atoms. The SMILES string of the molecule is O=C1COc2c(cccc2-c2cc(C(=O)O)no2)N1. The Balaban J connectivity index is 2.07. The fraction of sp³-hybridized carbons (Fsp3) is 0.0833. The molecule has 7 nitrogen and oxygen atoms in total. The van der Waals surface area contributed by atoms with Crippen LogP contribution in [-0.2, 0) is 4.79 Å². The van der Waals surface area contributed by atoms with Gasteiger partial charge in [0.1, 0.15) is 0 Å². The molecule has 0 atom stereocenters. The Bertz CT molecular complexity index is 677. The highest BCUT2D eigenvalue weighted by Crippen LogP contribution is 2.38. The number of carboxylic acids is 1. The van der Waals surface area contributed by atoms with E-state index in [9.17, 15) is 9.59 Å². The molecular weight excluding hydrogens is 252 g/mol. The van der Waals surface area contributed by atoms with Crippen molar-refractivity contribution in [3.8, 4) is 17.1 Å². The van der Waals surface area contributed by atoms with Gasteiger partial charge in [-0.05, 0) is 12.1 Å². The zero-order valence-electron chi connectivity index (χ0n) is 9.54. The molecule has 0 saturated heterocycles. The van der Waals surface area contributed by atoms with Gasteiger partial charge in [-0.2, -0.15) is 0 Å². The molecule has 19 heavy (non-hydrogen) atoms. The van der Waals surface area contributed by atoms with E-state index in [1.54, 1.807) is 18.2 Å². The number of carbonyl (C=O) groups is 2. The van der Waals surface area contributed by atoms with Crippen molar-refractivity contribution in [2.24, 2.45) is 0 Å². The number of anilines is 1. The van der Waals surface area contributed by atoms with Crippen LogP contribution in [0.15, 0.2) is 28.8 Å². The van der Waals surface area contributed by atoms with E-state index < -0.39 is 5.97 Å². The van der Waals surface area contributed by atoms with E-state index in [-0.39, 0.29) is 24.0 Å². The Morgan fingerprint density at radius 2 is 2.26 bits per heavy atom. The molecule has 3 rings (SSSR count). The van der Waals surface area contributed by atoms with Gasteiger partial charge in [0.15, 0.2) is 23.8 Å². The normalized spacial score (nSPS) is 13.4. The van der Waals surface area contributed by atoms with Gasteiger partial charge in [0.05, 0.1) is 11.3 Å². The van der Waals surface area contributed by atoms with Crippen LogP contribution in [0.25, 0.3) is 11.3 Å². The number of rotatable bonds is 2. The summed E-state index contributed by atoms with van der Waals surface area (Å²) in [5.74, 6) is -0.706. The third-order valence-corrected chi connectivity index (χ3v) is 2.63. The highest BCUT2D eigenvalue weighted by molar-refractivity contribution is 5.97. The van der Waals surface area contributed by atoms with E-state index in [4.69, 9.17) is 14.4 Å². The molecule has 1 amide bonds. The molecule has 0 radical (unpaired) electrons. The highest BCUT2D eigenvalue weighted by Gasteiger charge is 2.22. The molecule has 2 heterocycles. The number of nitrogens with one attached hydrogen (secondary N) is 1. The number of hydrogen-bond donors (Lipinski definition) is 2. The fourth-order valence-electron chi connectivity index (χ4n) is 1.81. The van der Waals surface area contributed by atoms with Gasteiger partial charge in [0.2, 0.25) is 0 Å². The lowest BCUT2D eigenvalue weighted by atomic mass is 10.1. The molecule has 2 aromatic rings. The number of fused-ring (bicyclic) bond motifs is 1. The number of ether oxygens (including phenoxy) is 1. The monoisotopic (exact) mass is 260 g/mol. The van der Waals surface area contributed by atoms with Gasteiger partial charge in [0, 0.05) is 6.07 Å². The predicted molar refractivity (Wildman–Crippen MR) is 63.0 cm³/mol. The van der Waals surface area contributed by atoms with Crippen molar-refractivity contribution < 1.29 is 24.0 Å². The molecule has 0 unspecified atom stereocenters. The van der Waals surface area contributed by atoms with Crippen LogP contribution < -0.4 is 10.1 Å². The first-order valence-corrected chi connectivity index (χ1v) is 5.41. The average Bonchev–Trinajstić information content (AvgIpc) is 2.87. The maximum Gasteiger partial charge on any atom is 0.358 e. The number of carbonyl (C=O) groups excluding carboxylic acids is 1. The van der Waals surface area contributed by atoms with Crippen LogP contribution >= 0.6 is 0 Å². The number of para-hydroxylation sites is 1. The van der Waals surface area contributed by atoms with E-state index in [1.165, 1.54) is 6.07 Å². The van der Waals surface area contributed by atoms with Crippen LogP contribution in [0.2, 0.25) is 0 Å². The molecular formula is C12H8N2O5. The van der Waals surface area contributed by atoms with Gasteiger partial charge < -0.3 is 19.7 Å². The predicted octanol–water partition coefficient (Wildman–Crippen LogP) is 1.37. The Morgan fingerprint density at radius 1 is 1.42 bits per heavy atom. The number of amides is 1. The average molecular weight is 260 g/mol. The molecule has 0 fully saturated rings. The molecule has 7 heteroatoms. The summed E-state index contributed by atoms with van der Waals surface area (Å²) in [6.07, 6.45) is 0. The first kappa shape index (κ1) is 11.3. The third-order valence-electron chi connectivity index (χ3n) is 2.63. The quantitative estimate of drug-likeness (QED) is 0.845. The van der Waals surface area contributed by atoms with Crippen LogP contribution in [0, 0.1) is 0 Å². The zero-order valence-corrected chi connectivity index (χ0v) is 9.54. The van der Waals surface area contributed by atoms with Gasteiger partial charge in [-0.3, -0.25) is 4.79 Å². The molecule has 1 aliphatic rings. The number of nitrogens with zero attached hydrogens (tertiary/aromatic N) is 1. The second-order valence-electron chi connectivity index (χ2n) is 3.90. The summed E-state index contributed by atoms with van der Waals surface area (Å²) in [5, 5.41) is 14.9. The van der Waals surface area contributed by atoms with Crippen LogP contribution in [0.5, 0.6) is 5.75 Å². The van der Waals surface area contributed by atoms with Crippen LogP contribution in [-0.4, -0.2) is 28.7 Å². The lowest BCUT2D eigenvalue weighted by Gasteiger charge is -2.19. The van der Waals surface area contributed by atoms with E-state index in [2.05, 4.69) is 10.5 Å². The van der Waals surface area contributed by atoms with Crippen molar-refractivity contribution >= 4 is 17.6 Å². The number of hydrogen-bond acceptors (Lipinski definition) is 5. The summed E-state index contributed by atoms with van der Waals surface area (Å²) in [6, 6.07) is 6.39. The molecule has 96 valence electrons. The van der Waals surface area contributed by atoms with E-state index in [0.717, 1.165) is 0 Å². The maximum atomic E-state index is 11.2. The minimum absolute atomic E-state index is 0.0933. The van der Waals surface area contributed by atoms with Crippen molar-refractivity contribution in [1.29, 1.82) is 0 Å². The van der Waals surface area contributed by atoms with E-state index >= 15 is 0 Å². The zero-order chi connectivity index (χ0) is 13.4. The summed E-state index contributed by atoms with van der Waals surface area (Å²) in [7, 11) is 0. The van der Waals surface area contributed by atoms with Crippen LogP contribution in [0.1, 0.15) is 10.5 Å². The minimum Gasteiger partial charge on any atom is -0.481 e. The topological polar surface area (TPSA) is 102 Å². The maximum absolute atomic E-state index is 11.2. The number of aromatic carboxylic acids is 1. The summed E-state index contributed by atoms with van der Waals surface area (Å²) in [5.41, 5.74) is 0.868. The first-order chi connectivity index (χ1) is 9.15. The van der Waals surface area contributed by atoms with Crippen molar-refractivity contribution in [3.63, 3.8) is 0 Å². The standard InChI is InChI=1S/C12H8N2O5/c15-10-5-18-11-6(2-1-3-7(11)13-10)9-4-8(12(16)17)14-19-9/h1-4H,5H2,(H,13,15)(H,16,17). The Kier molecular flexibility index (Phi) is 2.45. The fourth-order valence-corrected chi connectivity index (χ4v) is 1.81. The van der Waals surface area contributed by atoms with Gasteiger partial charge >= 0.3 is 5.97 Å². The lowest BCUT2D eigenvalue weighted by Crippen LogP contribution is -2.25. The van der Waals surface area contributed by atoms with E-state index in [0.29, 0.717) is 17.0 Å². The van der Waals surface area contributed by atoms with Crippen molar-refractivity contribution in [3.05, 3.63) is 30.0 Å². The second-order valence-corrected chi connectivity index (χ2v) is 3.90. The van der Waals surface area contributed by atoms with Gasteiger partial charge in [0.25, 0.3) is 5.91 Å². The van der Waals surface area contributed by atoms with Gasteiger partial charge in [-0.1, -0.05) is 11.2 Å². The molecule has 0 saturated carbocycles. The largest absolute Gasteiger partial charge is 0.481 e. The summed E-state index contributed by atoms with van der Waals surface area (Å²) in [6.45, 7) is -0.0933. The Labute approximate surface area is 106 Å². The second kappa shape index (κ2) is 4.13. The summed E-state index contributed by atoms with van der Waals surface area (Å²) in [4.78, 5) is 22.0. The molecule has 0 aliphatic carbocycles. The molecule has 2 N–H and O–H groups in total.